The van der Waals surface area contributed by atoms with Crippen molar-refractivity contribution in [2.75, 3.05) is 47.8 Å². The highest BCUT2D eigenvalue weighted by molar-refractivity contribution is 7.94. The van der Waals surface area contributed by atoms with Gasteiger partial charge in [0.05, 0.1) is 43.9 Å². The summed E-state index contributed by atoms with van der Waals surface area (Å²) < 4.78 is 69.1. The van der Waals surface area contributed by atoms with Crippen LogP contribution in [0.25, 0.3) is 11.9 Å². The van der Waals surface area contributed by atoms with E-state index < -0.39 is 64.9 Å². The number of imide groups is 1. The molecule has 25 heteroatoms. The lowest BCUT2D eigenvalue weighted by atomic mass is 9.93. The number of carbonyl (C=O) groups excluding carboxylic acids is 3. The molecule has 0 saturated carbocycles. The first-order valence-corrected chi connectivity index (χ1v) is 24.5. The van der Waals surface area contributed by atoms with Crippen LogP contribution < -0.4 is 19.8 Å². The lowest BCUT2D eigenvalue weighted by Crippen LogP contribution is -2.31. The summed E-state index contributed by atoms with van der Waals surface area (Å²) in [7, 11) is -8.05. The molecule has 3 heterocycles. The van der Waals surface area contributed by atoms with Crippen LogP contribution in [0.3, 0.4) is 0 Å². The molecule has 0 bridgehead atoms. The number of nitrogens with zero attached hydrogens (tertiary/aromatic N) is 5. The smallest absolute Gasteiger partial charge is 0.349 e. The van der Waals surface area contributed by atoms with E-state index in [0.29, 0.717) is 56.9 Å². The largest absolute Gasteiger partial charge is 0.778 e. The molecular formula is C37H42Cl2F2N7O11PS2. The Morgan fingerprint density at radius 3 is 2.16 bits per heavy atom. The van der Waals surface area contributed by atoms with Crippen molar-refractivity contribution in [2.24, 2.45) is 0 Å². The van der Waals surface area contributed by atoms with Gasteiger partial charge in [0.15, 0.2) is 0 Å². The third-order valence-electron chi connectivity index (χ3n) is 7.74. The summed E-state index contributed by atoms with van der Waals surface area (Å²) in [5.74, 6) is -4.41. The highest BCUT2D eigenvalue weighted by Crippen LogP contribution is 2.37. The second-order valence-electron chi connectivity index (χ2n) is 13.3. The summed E-state index contributed by atoms with van der Waals surface area (Å²) >= 11 is 12.1. The SMILES string of the molecule is CCOC(=O)/C(Cl)=C/c1cc(N2C(=O)C3=C(CCCC3)C2=O)ccc1Cl.C[S+](C)C.Cc1ccn2nc(S(=O)(=O)Nc3c(F)cccc3F)nc2n1.O=C(O)CNCP(=O)([O-])O. The number of aliphatic carboxylic acids is 1. The number of para-hydroxylation sites is 1. The minimum atomic E-state index is -4.35. The van der Waals surface area contributed by atoms with Crippen LogP contribution in [-0.2, 0) is 49.4 Å². The third-order valence-corrected chi connectivity index (χ3v) is 10.1. The number of fused-ring (bicyclic) bond motifs is 1. The maximum Gasteiger partial charge on any atom is 0.349 e. The number of halogens is 4. The minimum absolute atomic E-state index is 0.0642. The molecule has 1 unspecified atom stereocenters. The molecule has 1 aliphatic heterocycles. The number of hydrogen-bond donors (Lipinski definition) is 4. The molecule has 1 aliphatic carbocycles. The summed E-state index contributed by atoms with van der Waals surface area (Å²) in [6, 6.07) is 9.34. The summed E-state index contributed by atoms with van der Waals surface area (Å²) in [5.41, 5.74) is 1.88. The fourth-order valence-corrected chi connectivity index (χ4v) is 6.88. The Bertz CT molecular complexity index is 2490. The Balaban J connectivity index is 0.000000256. The first kappa shape index (κ1) is 51.5. The Labute approximate surface area is 367 Å². The van der Waals surface area contributed by atoms with Gasteiger partial charge in [0, 0.05) is 28.1 Å². The Hall–Kier alpha value is -4.80. The van der Waals surface area contributed by atoms with E-state index in [0.717, 1.165) is 35.6 Å². The van der Waals surface area contributed by atoms with Gasteiger partial charge in [0.1, 0.15) is 29.9 Å². The van der Waals surface area contributed by atoms with E-state index in [1.807, 2.05) is 5.32 Å². The second-order valence-corrected chi connectivity index (χ2v) is 19.7. The van der Waals surface area contributed by atoms with E-state index in [2.05, 4.69) is 33.8 Å². The lowest BCUT2D eigenvalue weighted by Gasteiger charge is -2.16. The average Bonchev–Trinajstić information content (AvgIpc) is 3.72. The van der Waals surface area contributed by atoms with Crippen molar-refractivity contribution >= 4 is 98.7 Å². The second kappa shape index (κ2) is 23.0. The van der Waals surface area contributed by atoms with Crippen molar-refractivity contribution in [3.05, 3.63) is 92.8 Å². The molecule has 2 amide bonds. The third kappa shape index (κ3) is 15.2. The number of nitrogens with one attached hydrogen (secondary N) is 2. The van der Waals surface area contributed by atoms with Crippen LogP contribution in [0.1, 0.15) is 43.9 Å². The van der Waals surface area contributed by atoms with Gasteiger partial charge in [-0.05, 0) is 98.5 Å². The number of carbonyl (C=O) groups is 4. The summed E-state index contributed by atoms with van der Waals surface area (Å²) in [5, 5.41) is 13.3. The Morgan fingerprint density at radius 1 is 1.05 bits per heavy atom. The molecule has 2 aromatic carbocycles. The molecule has 0 saturated heterocycles. The highest BCUT2D eigenvalue weighted by atomic mass is 35.5. The zero-order valence-corrected chi connectivity index (χ0v) is 37.8. The number of carboxylic acid groups (broad SMARTS) is 1. The van der Waals surface area contributed by atoms with Crippen molar-refractivity contribution < 1.29 is 60.6 Å². The van der Waals surface area contributed by atoms with Gasteiger partial charge in [-0.1, -0.05) is 29.3 Å². The monoisotopic (exact) mass is 963 g/mol. The normalized spacial score (nSPS) is 14.8. The molecule has 18 nitrogen and oxygen atoms in total. The number of carboxylic acids is 1. The first-order valence-electron chi connectivity index (χ1n) is 18.0. The van der Waals surface area contributed by atoms with E-state index >= 15 is 0 Å². The molecule has 1 atom stereocenters. The fraction of sp³-hybridized carbons (Fsp3) is 0.324. The van der Waals surface area contributed by atoms with Gasteiger partial charge in [0.25, 0.3) is 32.8 Å². The number of sulfonamides is 1. The molecular weight excluding hydrogens is 922 g/mol. The Morgan fingerprint density at radius 2 is 1.63 bits per heavy atom. The molecule has 2 aromatic heterocycles. The maximum atomic E-state index is 13.5. The molecule has 4 N–H and O–H groups in total. The number of ether oxygens (including phenoxy) is 1. The van der Waals surface area contributed by atoms with Crippen molar-refractivity contribution in [2.45, 2.75) is 44.7 Å². The van der Waals surface area contributed by atoms with Gasteiger partial charge in [-0.15, -0.1) is 5.10 Å². The molecule has 0 spiro atoms. The number of aryl methyl sites for hydroxylation is 1. The van der Waals surface area contributed by atoms with Gasteiger partial charge < -0.3 is 24.2 Å². The van der Waals surface area contributed by atoms with Gasteiger partial charge in [0.2, 0.25) is 0 Å². The van der Waals surface area contributed by atoms with Gasteiger partial charge in [-0.2, -0.15) is 13.4 Å². The average molecular weight is 965 g/mol. The quantitative estimate of drug-likeness (QED) is 0.0534. The van der Waals surface area contributed by atoms with Crippen LogP contribution in [0.2, 0.25) is 5.02 Å². The van der Waals surface area contributed by atoms with E-state index in [1.54, 1.807) is 42.8 Å². The first-order chi connectivity index (χ1) is 28.9. The minimum Gasteiger partial charge on any atom is -0.778 e. The number of hydrogen-bond acceptors (Lipinski definition) is 13. The summed E-state index contributed by atoms with van der Waals surface area (Å²) in [6.07, 6.45) is 11.8. The van der Waals surface area contributed by atoms with Crippen molar-refractivity contribution in [3.63, 3.8) is 0 Å². The van der Waals surface area contributed by atoms with Crippen molar-refractivity contribution in [1.82, 2.24) is 24.9 Å². The number of esters is 1. The molecule has 2 aliphatic rings. The summed E-state index contributed by atoms with van der Waals surface area (Å²) in [6.45, 7) is 3.10. The zero-order chi connectivity index (χ0) is 46.5. The van der Waals surface area contributed by atoms with Crippen LogP contribution in [-0.4, -0.2) is 100.0 Å². The highest BCUT2D eigenvalue weighted by Gasteiger charge is 2.39. The van der Waals surface area contributed by atoms with E-state index in [1.165, 1.54) is 17.2 Å². The molecule has 0 fully saturated rings. The van der Waals surface area contributed by atoms with Crippen LogP contribution in [0.15, 0.2) is 70.0 Å². The number of rotatable bonds is 11. The summed E-state index contributed by atoms with van der Waals surface area (Å²) in [4.78, 5) is 73.7. The number of amides is 2. The number of aromatic nitrogens is 4. The fourth-order valence-electron chi connectivity index (χ4n) is 5.19. The number of anilines is 2. The van der Waals surface area contributed by atoms with Crippen LogP contribution in [0.4, 0.5) is 20.2 Å². The number of benzene rings is 2. The molecule has 336 valence electrons. The van der Waals surface area contributed by atoms with Gasteiger partial charge in [-0.3, -0.25) is 24.4 Å². The van der Waals surface area contributed by atoms with E-state index in [-0.39, 0.29) is 29.2 Å². The molecule has 4 aromatic rings. The van der Waals surface area contributed by atoms with E-state index in [9.17, 15) is 45.8 Å². The predicted octanol–water partition coefficient (Wildman–Crippen LogP) is 4.40. The predicted molar refractivity (Wildman–Crippen MR) is 228 cm³/mol. The van der Waals surface area contributed by atoms with Crippen molar-refractivity contribution in [3.8, 4) is 0 Å². The van der Waals surface area contributed by atoms with E-state index in [4.69, 9.17) is 37.9 Å². The standard InChI is InChI=1S/C19H17Cl2NO4.C12H9F2N5O2S.C3H8NO5P.C3H9S/c1-2-26-19(25)16(21)10-11-9-12(7-8-15(11)20)22-17(23)13-5-3-4-6-14(13)18(22)24;1-7-5-6-19-11(15-7)16-12(17-19)22(20,21)18-10-8(13)3-2-4-9(10)14;5-3(6)1-4-2-10(7,8)9;1-4(2)3/h7-10H,2-6H2,1H3;2-6,18H,1H3;4H,1-2H2,(H,5,6)(H2,7,8,9);1-3H3/q;;;+1/p-1/b16-10-;;;. The zero-order valence-electron chi connectivity index (χ0n) is 33.7. The van der Waals surface area contributed by atoms with Crippen LogP contribution in [0.5, 0.6) is 0 Å². The maximum absolute atomic E-state index is 13.5. The van der Waals surface area contributed by atoms with Crippen LogP contribution >= 0.6 is 30.8 Å². The van der Waals surface area contributed by atoms with Gasteiger partial charge >= 0.3 is 11.9 Å². The van der Waals surface area contributed by atoms with Crippen LogP contribution in [0, 0.1) is 18.6 Å². The lowest BCUT2D eigenvalue weighted by molar-refractivity contribution is -0.193. The molecule has 62 heavy (non-hydrogen) atoms. The van der Waals surface area contributed by atoms with Gasteiger partial charge in [-0.25, -0.2) is 28.0 Å². The molecule has 0 radical (unpaired) electrons. The topological polar surface area (TPSA) is 263 Å². The van der Waals surface area contributed by atoms with Crippen molar-refractivity contribution in [1.29, 1.82) is 0 Å². The Kier molecular flexibility index (Phi) is 19.2. The molecule has 6 rings (SSSR count).